The molecule has 0 saturated heterocycles. The first-order valence-corrected chi connectivity index (χ1v) is 17.3. The van der Waals surface area contributed by atoms with E-state index < -0.39 is 34.6 Å². The number of hydrogen-bond donors (Lipinski definition) is 0. The fourth-order valence-corrected chi connectivity index (χ4v) is 10.7. The van der Waals surface area contributed by atoms with Crippen molar-refractivity contribution in [3.8, 4) is 11.1 Å². The minimum absolute atomic E-state index is 0.412. The van der Waals surface area contributed by atoms with E-state index in [-0.39, 0.29) is 0 Å². The lowest BCUT2D eigenvalue weighted by molar-refractivity contribution is -0.0163. The van der Waals surface area contributed by atoms with Gasteiger partial charge in [-0.25, -0.2) is 9.59 Å². The first-order chi connectivity index (χ1) is 22.2. The molecule has 0 aliphatic carbocycles. The zero-order valence-corrected chi connectivity index (χ0v) is 26.0. The van der Waals surface area contributed by atoms with Gasteiger partial charge in [0.15, 0.2) is 0 Å². The molecule has 1 aliphatic rings. The van der Waals surface area contributed by atoms with Crippen molar-refractivity contribution in [1.29, 1.82) is 0 Å². The van der Waals surface area contributed by atoms with Crippen molar-refractivity contribution < 1.29 is 19.1 Å². The van der Waals surface area contributed by atoms with Gasteiger partial charge >= 0.3 is 11.9 Å². The van der Waals surface area contributed by atoms with Crippen molar-refractivity contribution in [2.24, 2.45) is 0 Å². The molecule has 0 aromatic heterocycles. The molecule has 0 fully saturated rings. The molecule has 4 nitrogen and oxygen atoms in total. The summed E-state index contributed by atoms with van der Waals surface area (Å²) in [5, 5.41) is 6.48. The van der Waals surface area contributed by atoms with E-state index in [1.54, 1.807) is 12.1 Å². The number of fused-ring (bicyclic) bond motifs is 3. The minimum Gasteiger partial charge on any atom is -0.424 e. The predicted octanol–water partition coefficient (Wildman–Crippen LogP) is 6.15. The molecule has 7 rings (SSSR count). The number of rotatable bonds is 6. The maximum Gasteiger partial charge on any atom is 0.341 e. The molecule has 6 aromatic rings. The first kappa shape index (κ1) is 28.9. The van der Waals surface area contributed by atoms with E-state index in [0.717, 1.165) is 31.8 Å². The Hall–Kier alpha value is -4.88. The topological polar surface area (TPSA) is 52.6 Å². The average Bonchev–Trinajstić information content (AvgIpc) is 3.15. The van der Waals surface area contributed by atoms with Crippen LogP contribution in [0, 0.1) is 0 Å². The van der Waals surface area contributed by atoms with Gasteiger partial charge in [0.25, 0.3) is 0 Å². The van der Waals surface area contributed by atoms with Crippen LogP contribution in [0.15, 0.2) is 158 Å². The molecule has 218 valence electrons. The molecule has 0 radical (unpaired) electrons. The van der Waals surface area contributed by atoms with Crippen LogP contribution in [-0.2, 0) is 9.47 Å². The van der Waals surface area contributed by atoms with E-state index in [0.29, 0.717) is 22.3 Å². The lowest BCUT2D eigenvalue weighted by atomic mass is 9.95. The molecule has 45 heavy (non-hydrogen) atoms. The SMILES string of the molecule is O=C1OCOC(=O)c2cccc(P(c3ccccc3)c3ccccc3)c2-c2c1cccc2P(c1ccccc1)c1ccccc1. The van der Waals surface area contributed by atoms with Crippen molar-refractivity contribution in [2.75, 3.05) is 6.79 Å². The van der Waals surface area contributed by atoms with Crippen LogP contribution in [0.5, 0.6) is 0 Å². The van der Waals surface area contributed by atoms with Crippen LogP contribution < -0.4 is 31.8 Å². The minimum atomic E-state index is -1.14. The second-order valence-electron chi connectivity index (χ2n) is 10.4. The van der Waals surface area contributed by atoms with Crippen molar-refractivity contribution in [3.05, 3.63) is 169 Å². The fraction of sp³-hybridized carbons (Fsp3) is 0.0256. The summed E-state index contributed by atoms with van der Waals surface area (Å²) in [5.41, 5.74) is 2.25. The summed E-state index contributed by atoms with van der Waals surface area (Å²) < 4.78 is 11.1. The molecule has 0 atom stereocenters. The van der Waals surface area contributed by atoms with Gasteiger partial charge in [0, 0.05) is 11.1 Å². The Morgan fingerprint density at radius 1 is 0.378 bits per heavy atom. The van der Waals surface area contributed by atoms with Crippen LogP contribution >= 0.6 is 15.8 Å². The number of benzene rings is 6. The molecular weight excluding hydrogens is 594 g/mol. The molecule has 0 spiro atoms. The number of carbonyl (C=O) groups is 2. The van der Waals surface area contributed by atoms with Gasteiger partial charge in [-0.1, -0.05) is 146 Å². The average molecular weight is 623 g/mol. The van der Waals surface area contributed by atoms with E-state index in [2.05, 4.69) is 60.7 Å². The summed E-state index contributed by atoms with van der Waals surface area (Å²) in [6.07, 6.45) is 0. The Balaban J connectivity index is 1.60. The van der Waals surface area contributed by atoms with Crippen molar-refractivity contribution in [1.82, 2.24) is 0 Å². The second-order valence-corrected chi connectivity index (χ2v) is 14.8. The van der Waals surface area contributed by atoms with E-state index in [4.69, 9.17) is 9.47 Å². The highest BCUT2D eigenvalue weighted by atomic mass is 31.1. The molecule has 1 heterocycles. The van der Waals surface area contributed by atoms with Crippen LogP contribution in [-0.4, -0.2) is 18.7 Å². The van der Waals surface area contributed by atoms with E-state index in [1.807, 2.05) is 84.9 Å². The number of carbonyl (C=O) groups excluding carboxylic acids is 2. The number of esters is 2. The second kappa shape index (κ2) is 13.0. The largest absolute Gasteiger partial charge is 0.424 e. The maximum absolute atomic E-state index is 13.8. The van der Waals surface area contributed by atoms with Gasteiger partial charge in [0.2, 0.25) is 6.79 Å². The summed E-state index contributed by atoms with van der Waals surface area (Å²) in [4.78, 5) is 27.6. The number of hydrogen-bond acceptors (Lipinski definition) is 4. The fourth-order valence-electron chi connectivity index (χ4n) is 5.77. The Kier molecular flexibility index (Phi) is 8.34. The standard InChI is InChI=1S/C39H28O4P2/c40-38-32-23-13-25-34(44(28-15-5-1-6-16-28)29-17-7-2-8-18-29)36(32)37-33(39(41)43-27-42-38)24-14-26-35(37)45(30-19-9-3-10-20-30)31-21-11-4-12-22-31/h1-26H,27H2. The van der Waals surface area contributed by atoms with Crippen LogP contribution in [0.2, 0.25) is 0 Å². The van der Waals surface area contributed by atoms with E-state index >= 15 is 0 Å². The van der Waals surface area contributed by atoms with Crippen LogP contribution in [0.3, 0.4) is 0 Å². The van der Waals surface area contributed by atoms with Gasteiger partial charge in [0.1, 0.15) is 0 Å². The van der Waals surface area contributed by atoms with Crippen LogP contribution in [0.1, 0.15) is 20.7 Å². The normalized spacial score (nSPS) is 12.8. The first-order valence-electron chi connectivity index (χ1n) is 14.6. The molecule has 6 heteroatoms. The molecular formula is C39H28O4P2. The Morgan fingerprint density at radius 2 is 0.689 bits per heavy atom. The molecule has 0 N–H and O–H groups in total. The highest BCUT2D eigenvalue weighted by molar-refractivity contribution is 7.80. The molecule has 0 saturated carbocycles. The summed E-state index contributed by atoms with van der Waals surface area (Å²) in [6.45, 7) is -0.455. The summed E-state index contributed by atoms with van der Waals surface area (Å²) in [7, 11) is -2.28. The van der Waals surface area contributed by atoms with E-state index in [1.165, 1.54) is 0 Å². The third-order valence-corrected chi connectivity index (χ3v) is 12.7. The monoisotopic (exact) mass is 622 g/mol. The van der Waals surface area contributed by atoms with E-state index in [9.17, 15) is 9.59 Å². The third kappa shape index (κ3) is 5.71. The lowest BCUT2D eigenvalue weighted by Crippen LogP contribution is -2.28. The quantitative estimate of drug-likeness (QED) is 0.165. The van der Waals surface area contributed by atoms with Gasteiger partial charge in [0.05, 0.1) is 11.1 Å². The summed E-state index contributed by atoms with van der Waals surface area (Å²) in [6, 6.07) is 53.0. The van der Waals surface area contributed by atoms with Crippen LogP contribution in [0.4, 0.5) is 0 Å². The predicted molar refractivity (Wildman–Crippen MR) is 185 cm³/mol. The third-order valence-electron chi connectivity index (χ3n) is 7.69. The molecule has 1 aliphatic heterocycles. The smallest absolute Gasteiger partial charge is 0.341 e. The molecule has 0 bridgehead atoms. The molecule has 0 amide bonds. The van der Waals surface area contributed by atoms with Crippen molar-refractivity contribution in [3.63, 3.8) is 0 Å². The van der Waals surface area contributed by atoms with Gasteiger partial charge < -0.3 is 9.47 Å². The maximum atomic E-state index is 13.8. The summed E-state index contributed by atoms with van der Waals surface area (Å²) >= 11 is 0. The van der Waals surface area contributed by atoms with Crippen molar-refractivity contribution >= 4 is 59.6 Å². The van der Waals surface area contributed by atoms with Gasteiger partial charge in [-0.3, -0.25) is 0 Å². The Morgan fingerprint density at radius 3 is 1.00 bits per heavy atom. The summed E-state index contributed by atoms with van der Waals surface area (Å²) in [5.74, 6) is -1.05. The van der Waals surface area contributed by atoms with Crippen molar-refractivity contribution in [2.45, 2.75) is 0 Å². The Bertz CT molecular complexity index is 1740. The Labute approximate surface area is 264 Å². The highest BCUT2D eigenvalue weighted by Gasteiger charge is 2.33. The van der Waals surface area contributed by atoms with Gasteiger partial charge in [-0.2, -0.15) is 0 Å². The lowest BCUT2D eigenvalue weighted by Gasteiger charge is -2.28. The van der Waals surface area contributed by atoms with Gasteiger partial charge in [-0.15, -0.1) is 0 Å². The zero-order valence-electron chi connectivity index (χ0n) is 24.2. The van der Waals surface area contributed by atoms with Gasteiger partial charge in [-0.05, 0) is 59.8 Å². The number of ether oxygens (including phenoxy) is 2. The highest BCUT2D eigenvalue weighted by Crippen LogP contribution is 2.43. The molecule has 0 unspecified atom stereocenters. The zero-order chi connectivity index (χ0) is 30.6. The molecule has 6 aromatic carbocycles. The van der Waals surface area contributed by atoms with Crippen LogP contribution in [0.25, 0.3) is 11.1 Å². The number of cyclic esters (lactones) is 2.